The second-order valence-electron chi connectivity index (χ2n) is 6.04. The van der Waals surface area contributed by atoms with Crippen LogP contribution in [0.15, 0.2) is 0 Å². The Morgan fingerprint density at radius 2 is 1.83 bits per heavy atom. The lowest BCUT2D eigenvalue weighted by molar-refractivity contribution is 0.0979. The van der Waals surface area contributed by atoms with Crippen LogP contribution in [0.5, 0.6) is 0 Å². The van der Waals surface area contributed by atoms with E-state index in [1.54, 1.807) is 0 Å². The minimum absolute atomic E-state index is 0.643. The monoisotopic (exact) mass is 255 g/mol. The number of hydrogen-bond acceptors (Lipinski definition) is 3. The highest BCUT2D eigenvalue weighted by Gasteiger charge is 2.29. The zero-order chi connectivity index (χ0) is 13.5. The van der Waals surface area contributed by atoms with E-state index in [9.17, 15) is 0 Å². The lowest BCUT2D eigenvalue weighted by atomic mass is 9.99. The molecule has 3 nitrogen and oxygen atoms in total. The predicted molar refractivity (Wildman–Crippen MR) is 80.1 cm³/mol. The Bertz CT molecular complexity index is 218. The van der Waals surface area contributed by atoms with Gasteiger partial charge >= 0.3 is 0 Å². The molecular formula is C15H33N3. The normalized spacial score (nSPS) is 27.5. The summed E-state index contributed by atoms with van der Waals surface area (Å²) < 4.78 is 0. The summed E-state index contributed by atoms with van der Waals surface area (Å²) in [6, 6.07) is 2.04. The van der Waals surface area contributed by atoms with E-state index in [4.69, 9.17) is 0 Å². The van der Waals surface area contributed by atoms with Crippen LogP contribution in [0.2, 0.25) is 0 Å². The van der Waals surface area contributed by atoms with Crippen molar-refractivity contribution < 1.29 is 0 Å². The molecule has 1 N–H and O–H groups in total. The topological polar surface area (TPSA) is 18.5 Å². The Labute approximate surface area is 114 Å². The molecule has 0 aromatic rings. The zero-order valence-corrected chi connectivity index (χ0v) is 13.1. The van der Waals surface area contributed by atoms with Gasteiger partial charge in [-0.25, -0.2) is 0 Å². The second kappa shape index (κ2) is 8.13. The third kappa shape index (κ3) is 4.52. The maximum Gasteiger partial charge on any atom is 0.0252 e. The smallest absolute Gasteiger partial charge is 0.0252 e. The molecule has 108 valence electrons. The Balaban J connectivity index is 2.69. The van der Waals surface area contributed by atoms with Gasteiger partial charge in [0.2, 0.25) is 0 Å². The largest absolute Gasteiger partial charge is 0.315 e. The van der Waals surface area contributed by atoms with Crippen LogP contribution >= 0.6 is 0 Å². The van der Waals surface area contributed by atoms with Crippen molar-refractivity contribution in [2.24, 2.45) is 0 Å². The van der Waals surface area contributed by atoms with Gasteiger partial charge in [-0.2, -0.15) is 0 Å². The third-order valence-corrected chi connectivity index (χ3v) is 4.34. The molecule has 0 bridgehead atoms. The highest BCUT2D eigenvalue weighted by Crippen LogP contribution is 2.24. The van der Waals surface area contributed by atoms with Gasteiger partial charge < -0.3 is 10.2 Å². The summed E-state index contributed by atoms with van der Waals surface area (Å²) in [5.41, 5.74) is 0. The van der Waals surface area contributed by atoms with Crippen molar-refractivity contribution in [3.05, 3.63) is 0 Å². The van der Waals surface area contributed by atoms with Crippen LogP contribution in [0.1, 0.15) is 46.0 Å². The van der Waals surface area contributed by atoms with E-state index in [0.29, 0.717) is 12.1 Å². The Morgan fingerprint density at radius 1 is 1.17 bits per heavy atom. The first-order valence-corrected chi connectivity index (χ1v) is 7.67. The van der Waals surface area contributed by atoms with Crippen LogP contribution < -0.4 is 5.32 Å². The van der Waals surface area contributed by atoms with Crippen molar-refractivity contribution in [3.8, 4) is 0 Å². The molecule has 3 heteroatoms. The molecule has 0 amide bonds. The number of nitrogens with zero attached hydrogens (tertiary/aromatic N) is 2. The first-order valence-electron chi connectivity index (χ1n) is 7.67. The summed E-state index contributed by atoms with van der Waals surface area (Å²) in [6.07, 6.45) is 6.90. The average molecular weight is 255 g/mol. The van der Waals surface area contributed by atoms with Crippen molar-refractivity contribution in [2.75, 3.05) is 34.2 Å². The van der Waals surface area contributed by atoms with E-state index in [0.717, 1.165) is 19.1 Å². The average Bonchev–Trinajstić information content (AvgIpc) is 2.54. The molecular weight excluding hydrogens is 222 g/mol. The lowest BCUT2D eigenvalue weighted by Gasteiger charge is -2.40. The zero-order valence-electron chi connectivity index (χ0n) is 13.1. The molecule has 1 aliphatic carbocycles. The van der Waals surface area contributed by atoms with Gasteiger partial charge in [-0.05, 0) is 47.5 Å². The van der Waals surface area contributed by atoms with Gasteiger partial charge in [0, 0.05) is 24.7 Å². The van der Waals surface area contributed by atoms with Gasteiger partial charge in [-0.1, -0.05) is 26.2 Å². The number of nitrogens with one attached hydrogen (secondary N) is 1. The van der Waals surface area contributed by atoms with Gasteiger partial charge in [0.1, 0.15) is 0 Å². The second-order valence-corrected chi connectivity index (χ2v) is 6.04. The molecule has 0 aromatic heterocycles. The van der Waals surface area contributed by atoms with Crippen LogP contribution in [0.4, 0.5) is 0 Å². The lowest BCUT2D eigenvalue weighted by Crippen LogP contribution is -2.53. The summed E-state index contributed by atoms with van der Waals surface area (Å²) in [7, 11) is 6.48. The minimum atomic E-state index is 0.643. The standard InChI is InChI=1S/C15H33N3/c1-6-18(13(2)12-17(4)5)15-11-9-7-8-10-14(15)16-3/h13-16H,6-12H2,1-5H3. The van der Waals surface area contributed by atoms with Crippen molar-refractivity contribution in [2.45, 2.75) is 64.1 Å². The molecule has 1 rings (SSSR count). The number of hydrogen-bond donors (Lipinski definition) is 1. The molecule has 0 saturated heterocycles. The van der Waals surface area contributed by atoms with Crippen LogP contribution in [0.3, 0.4) is 0 Å². The molecule has 0 spiro atoms. The van der Waals surface area contributed by atoms with E-state index in [2.05, 4.69) is 50.1 Å². The summed E-state index contributed by atoms with van der Waals surface area (Å²) in [5, 5.41) is 3.56. The van der Waals surface area contributed by atoms with Crippen LogP contribution in [-0.4, -0.2) is 62.2 Å². The fraction of sp³-hybridized carbons (Fsp3) is 1.00. The van der Waals surface area contributed by atoms with Crippen molar-refractivity contribution in [3.63, 3.8) is 0 Å². The van der Waals surface area contributed by atoms with E-state index in [1.807, 2.05) is 0 Å². The molecule has 3 unspecified atom stereocenters. The molecule has 0 aliphatic heterocycles. The highest BCUT2D eigenvalue weighted by molar-refractivity contribution is 4.88. The summed E-state index contributed by atoms with van der Waals surface area (Å²) in [6.45, 7) is 7.00. The quantitative estimate of drug-likeness (QED) is 0.734. The van der Waals surface area contributed by atoms with Crippen LogP contribution in [0.25, 0.3) is 0 Å². The van der Waals surface area contributed by atoms with Gasteiger partial charge in [-0.3, -0.25) is 4.90 Å². The van der Waals surface area contributed by atoms with E-state index < -0.39 is 0 Å². The van der Waals surface area contributed by atoms with Crippen molar-refractivity contribution >= 4 is 0 Å². The summed E-state index contributed by atoms with van der Waals surface area (Å²) in [4.78, 5) is 5.02. The van der Waals surface area contributed by atoms with Gasteiger partial charge in [-0.15, -0.1) is 0 Å². The maximum absolute atomic E-state index is 3.56. The van der Waals surface area contributed by atoms with E-state index in [1.165, 1.54) is 32.1 Å². The molecule has 0 radical (unpaired) electrons. The summed E-state index contributed by atoms with van der Waals surface area (Å²) >= 11 is 0. The Kier molecular flexibility index (Phi) is 7.20. The highest BCUT2D eigenvalue weighted by atomic mass is 15.2. The molecule has 18 heavy (non-hydrogen) atoms. The molecule has 0 heterocycles. The predicted octanol–water partition coefficient (Wildman–Crippen LogP) is 2.18. The molecule has 1 aliphatic rings. The van der Waals surface area contributed by atoms with Crippen molar-refractivity contribution in [1.29, 1.82) is 0 Å². The van der Waals surface area contributed by atoms with Gasteiger partial charge in [0.05, 0.1) is 0 Å². The molecule has 1 saturated carbocycles. The minimum Gasteiger partial charge on any atom is -0.315 e. The van der Waals surface area contributed by atoms with Gasteiger partial charge in [0.15, 0.2) is 0 Å². The molecule has 1 fully saturated rings. The van der Waals surface area contributed by atoms with E-state index in [-0.39, 0.29) is 0 Å². The number of rotatable bonds is 6. The van der Waals surface area contributed by atoms with Gasteiger partial charge in [0.25, 0.3) is 0 Å². The third-order valence-electron chi connectivity index (χ3n) is 4.34. The fourth-order valence-corrected chi connectivity index (χ4v) is 3.53. The Morgan fingerprint density at radius 3 is 2.39 bits per heavy atom. The maximum atomic E-state index is 3.56. The van der Waals surface area contributed by atoms with E-state index >= 15 is 0 Å². The molecule has 3 atom stereocenters. The molecule has 0 aromatic carbocycles. The fourth-order valence-electron chi connectivity index (χ4n) is 3.53. The number of likely N-dealkylation sites (N-methyl/N-ethyl adjacent to an activating group) is 3. The van der Waals surface area contributed by atoms with Crippen molar-refractivity contribution in [1.82, 2.24) is 15.1 Å². The van der Waals surface area contributed by atoms with Crippen LogP contribution in [-0.2, 0) is 0 Å². The Hall–Kier alpha value is -0.120. The first kappa shape index (κ1) is 15.9. The SMILES string of the molecule is CCN(C(C)CN(C)C)C1CCCCCC1NC. The first-order chi connectivity index (χ1) is 8.60. The summed E-state index contributed by atoms with van der Waals surface area (Å²) in [5.74, 6) is 0. The van der Waals surface area contributed by atoms with Crippen LogP contribution in [0, 0.1) is 0 Å².